The summed E-state index contributed by atoms with van der Waals surface area (Å²) in [5.74, 6) is 0.437. The second kappa shape index (κ2) is 9.51. The highest BCUT2D eigenvalue weighted by Crippen LogP contribution is 2.29. The lowest BCUT2D eigenvalue weighted by molar-refractivity contribution is 0.0634. The summed E-state index contributed by atoms with van der Waals surface area (Å²) >= 11 is 6.36. The molecule has 0 bridgehead atoms. The van der Waals surface area contributed by atoms with E-state index in [4.69, 9.17) is 11.6 Å². The highest BCUT2D eigenvalue weighted by Gasteiger charge is 2.29. The van der Waals surface area contributed by atoms with Crippen molar-refractivity contribution >= 4 is 40.7 Å². The van der Waals surface area contributed by atoms with E-state index in [0.717, 1.165) is 17.7 Å². The van der Waals surface area contributed by atoms with E-state index in [1.54, 1.807) is 6.26 Å². The molecule has 0 aliphatic carbocycles. The Morgan fingerprint density at radius 2 is 2.04 bits per heavy atom. The number of carbonyl (C=O) groups is 1. The second-order valence-corrected chi connectivity index (χ2v) is 8.00. The zero-order valence-electron chi connectivity index (χ0n) is 14.5. The first-order valence-electron chi connectivity index (χ1n) is 8.21. The van der Waals surface area contributed by atoms with Crippen LogP contribution in [0.15, 0.2) is 48.5 Å². The fourth-order valence-corrected chi connectivity index (χ4v) is 4.08. The topological polar surface area (TPSA) is 49.4 Å². The van der Waals surface area contributed by atoms with Crippen LogP contribution in [-0.4, -0.2) is 40.9 Å². The number of piperazine rings is 1. The summed E-state index contributed by atoms with van der Waals surface area (Å²) in [6.07, 6.45) is 1.66. The van der Waals surface area contributed by atoms with Crippen LogP contribution in [0.5, 0.6) is 0 Å². The van der Waals surface area contributed by atoms with Crippen LogP contribution in [0.2, 0.25) is 5.02 Å². The summed E-state index contributed by atoms with van der Waals surface area (Å²) in [4.78, 5) is 15.0. The van der Waals surface area contributed by atoms with E-state index in [2.05, 4.69) is 5.32 Å². The van der Waals surface area contributed by atoms with Crippen molar-refractivity contribution in [3.8, 4) is 0 Å². The molecule has 1 heterocycles. The lowest BCUT2D eigenvalue weighted by Crippen LogP contribution is -2.48. The zero-order chi connectivity index (χ0) is 17.8. The number of nitrogens with one attached hydrogen (secondary N) is 1. The molecule has 1 saturated heterocycles. The van der Waals surface area contributed by atoms with E-state index in [9.17, 15) is 9.00 Å². The zero-order valence-corrected chi connectivity index (χ0v) is 16.9. The molecule has 2 aromatic rings. The molecule has 1 aliphatic rings. The molecule has 7 heteroatoms. The number of amides is 1. The predicted octanol–water partition coefficient (Wildman–Crippen LogP) is 3.43. The van der Waals surface area contributed by atoms with E-state index in [1.807, 2.05) is 53.4 Å². The highest BCUT2D eigenvalue weighted by molar-refractivity contribution is 7.83. The van der Waals surface area contributed by atoms with Gasteiger partial charge in [-0.3, -0.25) is 9.00 Å². The van der Waals surface area contributed by atoms with Gasteiger partial charge in [-0.1, -0.05) is 41.9 Å². The Labute approximate surface area is 167 Å². The van der Waals surface area contributed by atoms with Gasteiger partial charge in [-0.15, -0.1) is 12.4 Å². The summed E-state index contributed by atoms with van der Waals surface area (Å²) in [7, 11) is -0.935. The molecule has 2 unspecified atom stereocenters. The number of carbonyl (C=O) groups excluding carboxylic acids is 1. The molecule has 0 spiro atoms. The van der Waals surface area contributed by atoms with Crippen LogP contribution in [0, 0.1) is 0 Å². The van der Waals surface area contributed by atoms with Gasteiger partial charge in [0.05, 0.1) is 6.04 Å². The maximum absolute atomic E-state index is 13.1. The molecule has 26 heavy (non-hydrogen) atoms. The minimum Gasteiger partial charge on any atom is -0.329 e. The van der Waals surface area contributed by atoms with Crippen molar-refractivity contribution in [2.45, 2.75) is 11.8 Å². The Hall–Kier alpha value is -1.40. The van der Waals surface area contributed by atoms with Crippen molar-refractivity contribution in [3.63, 3.8) is 0 Å². The van der Waals surface area contributed by atoms with E-state index in [1.165, 1.54) is 0 Å². The van der Waals surface area contributed by atoms with Gasteiger partial charge in [0.1, 0.15) is 0 Å². The molecule has 0 saturated carbocycles. The molecule has 3 rings (SSSR count). The maximum Gasteiger partial charge on any atom is 0.254 e. The van der Waals surface area contributed by atoms with Crippen LogP contribution in [0.3, 0.4) is 0 Å². The largest absolute Gasteiger partial charge is 0.329 e. The molecule has 1 amide bonds. The average Bonchev–Trinajstić information content (AvgIpc) is 2.61. The van der Waals surface area contributed by atoms with Crippen molar-refractivity contribution in [2.24, 2.45) is 0 Å². The SMILES string of the molecule is CS(=O)Cc1cccc(C(=O)N2CCNCC2c2ccccc2Cl)c1.Cl. The molecule has 0 radical (unpaired) electrons. The molecular weight excluding hydrogens is 391 g/mol. The number of hydrogen-bond donors (Lipinski definition) is 1. The fourth-order valence-electron chi connectivity index (χ4n) is 3.17. The van der Waals surface area contributed by atoms with Crippen LogP contribution in [0.1, 0.15) is 27.5 Å². The van der Waals surface area contributed by atoms with Crippen molar-refractivity contribution in [1.82, 2.24) is 10.2 Å². The van der Waals surface area contributed by atoms with Gasteiger partial charge in [-0.2, -0.15) is 0 Å². The number of hydrogen-bond acceptors (Lipinski definition) is 3. The summed E-state index contributed by atoms with van der Waals surface area (Å²) in [6, 6.07) is 15.0. The first-order valence-corrected chi connectivity index (χ1v) is 10.3. The number of benzene rings is 2. The van der Waals surface area contributed by atoms with E-state index in [-0.39, 0.29) is 24.4 Å². The van der Waals surface area contributed by atoms with Gasteiger partial charge >= 0.3 is 0 Å². The van der Waals surface area contributed by atoms with Crippen LogP contribution in [0.4, 0.5) is 0 Å². The smallest absolute Gasteiger partial charge is 0.254 e. The Bertz CT molecular complexity index is 801. The lowest BCUT2D eigenvalue weighted by Gasteiger charge is -2.37. The van der Waals surface area contributed by atoms with Gasteiger partial charge in [0, 0.05) is 53.0 Å². The molecule has 1 fully saturated rings. The Morgan fingerprint density at radius 1 is 1.27 bits per heavy atom. The Balaban J connectivity index is 0.00000243. The Morgan fingerprint density at radius 3 is 2.77 bits per heavy atom. The molecule has 2 atom stereocenters. The van der Waals surface area contributed by atoms with Gasteiger partial charge in [0.15, 0.2) is 0 Å². The minimum atomic E-state index is -0.935. The molecule has 1 N–H and O–H groups in total. The number of nitrogens with zero attached hydrogens (tertiary/aromatic N) is 1. The first-order chi connectivity index (χ1) is 12.1. The summed E-state index contributed by atoms with van der Waals surface area (Å²) in [5.41, 5.74) is 2.49. The quantitative estimate of drug-likeness (QED) is 0.836. The van der Waals surface area contributed by atoms with Crippen LogP contribution < -0.4 is 5.32 Å². The van der Waals surface area contributed by atoms with Gasteiger partial charge in [-0.25, -0.2) is 0 Å². The molecule has 140 valence electrons. The van der Waals surface area contributed by atoms with Gasteiger partial charge in [-0.05, 0) is 29.3 Å². The molecule has 1 aliphatic heterocycles. The monoisotopic (exact) mass is 412 g/mol. The van der Waals surface area contributed by atoms with Crippen LogP contribution in [0.25, 0.3) is 0 Å². The minimum absolute atomic E-state index is 0. The van der Waals surface area contributed by atoms with Crippen LogP contribution >= 0.6 is 24.0 Å². The van der Waals surface area contributed by atoms with Crippen molar-refractivity contribution in [2.75, 3.05) is 25.9 Å². The third kappa shape index (κ3) is 4.86. The summed E-state index contributed by atoms with van der Waals surface area (Å²) in [6.45, 7) is 2.05. The van der Waals surface area contributed by atoms with E-state index in [0.29, 0.717) is 29.4 Å². The Kier molecular flexibility index (Phi) is 7.65. The van der Waals surface area contributed by atoms with Gasteiger partial charge in [0.2, 0.25) is 0 Å². The summed E-state index contributed by atoms with van der Waals surface area (Å²) in [5, 5.41) is 4.01. The van der Waals surface area contributed by atoms with E-state index < -0.39 is 10.8 Å². The van der Waals surface area contributed by atoms with Gasteiger partial charge < -0.3 is 10.2 Å². The van der Waals surface area contributed by atoms with Crippen molar-refractivity contribution < 1.29 is 9.00 Å². The normalized spacial score (nSPS) is 18.1. The average molecular weight is 413 g/mol. The van der Waals surface area contributed by atoms with E-state index >= 15 is 0 Å². The third-order valence-corrected chi connectivity index (χ3v) is 5.40. The van der Waals surface area contributed by atoms with Crippen molar-refractivity contribution in [1.29, 1.82) is 0 Å². The van der Waals surface area contributed by atoms with Crippen molar-refractivity contribution in [3.05, 3.63) is 70.2 Å². The number of rotatable bonds is 4. The molecule has 0 aromatic heterocycles. The molecule has 4 nitrogen and oxygen atoms in total. The molecule has 2 aromatic carbocycles. The second-order valence-electron chi connectivity index (χ2n) is 6.16. The van der Waals surface area contributed by atoms with Crippen LogP contribution in [-0.2, 0) is 16.6 Å². The highest BCUT2D eigenvalue weighted by atomic mass is 35.5. The predicted molar refractivity (Wildman–Crippen MR) is 110 cm³/mol. The number of halogens is 2. The standard InChI is InChI=1S/C19H21ClN2O2S.ClH/c1-25(24)13-14-5-4-6-15(11-14)19(23)22-10-9-21-12-18(22)16-7-2-3-8-17(16)20;/h2-8,11,18,21H,9-10,12-13H2,1H3;1H. The fraction of sp³-hybridized carbons (Fsp3) is 0.316. The first kappa shape index (κ1) is 20.9. The molecular formula is C19H22Cl2N2O2S. The third-order valence-electron chi connectivity index (χ3n) is 4.31. The summed E-state index contributed by atoms with van der Waals surface area (Å²) < 4.78 is 11.5. The lowest BCUT2D eigenvalue weighted by atomic mass is 10.0. The maximum atomic E-state index is 13.1. The van der Waals surface area contributed by atoms with Gasteiger partial charge in [0.25, 0.3) is 5.91 Å².